The van der Waals surface area contributed by atoms with Gasteiger partial charge >= 0.3 is 0 Å². The molecule has 0 spiro atoms. The second-order valence-corrected chi connectivity index (χ2v) is 4.96. The summed E-state index contributed by atoms with van der Waals surface area (Å²) in [5.41, 5.74) is 1.49. The van der Waals surface area contributed by atoms with Crippen LogP contribution < -0.4 is 0 Å². The number of rotatable bonds is 7. The highest BCUT2D eigenvalue weighted by Gasteiger charge is 2.13. The summed E-state index contributed by atoms with van der Waals surface area (Å²) >= 11 is 5.97. The van der Waals surface area contributed by atoms with E-state index >= 15 is 0 Å². The number of hydrogen-bond donors (Lipinski definition) is 0. The number of hydrogen-bond acceptors (Lipinski definition) is 2. The average molecular weight is 281 g/mol. The minimum absolute atomic E-state index is 0.00860. The SMILES string of the molecule is C=CCCCN(C)C(=O)c1cc(Cl)nc(CCC)c1. The zero-order valence-electron chi connectivity index (χ0n) is 11.7. The molecule has 0 saturated heterocycles. The molecule has 0 radical (unpaired) electrons. The van der Waals surface area contributed by atoms with Gasteiger partial charge in [0.05, 0.1) is 0 Å². The molecule has 0 saturated carbocycles. The molecule has 0 N–H and O–H groups in total. The van der Waals surface area contributed by atoms with Crippen LogP contribution in [-0.4, -0.2) is 29.4 Å². The second kappa shape index (κ2) is 7.95. The lowest BCUT2D eigenvalue weighted by molar-refractivity contribution is 0.0793. The number of unbranched alkanes of at least 4 members (excludes halogenated alkanes) is 1. The normalized spacial score (nSPS) is 10.3. The van der Waals surface area contributed by atoms with Gasteiger partial charge < -0.3 is 4.90 Å². The van der Waals surface area contributed by atoms with Crippen molar-refractivity contribution in [3.8, 4) is 0 Å². The van der Waals surface area contributed by atoms with Crippen molar-refractivity contribution >= 4 is 17.5 Å². The van der Waals surface area contributed by atoms with Crippen molar-refractivity contribution in [3.63, 3.8) is 0 Å². The fourth-order valence-electron chi connectivity index (χ4n) is 1.85. The van der Waals surface area contributed by atoms with E-state index < -0.39 is 0 Å². The molecule has 0 fully saturated rings. The van der Waals surface area contributed by atoms with Crippen LogP contribution in [0.15, 0.2) is 24.8 Å². The number of carbonyl (C=O) groups excluding carboxylic acids is 1. The standard InChI is InChI=1S/C15H21ClN2O/c1-4-6-7-9-18(3)15(19)12-10-13(8-5-2)17-14(16)11-12/h4,10-11H,1,5-9H2,2-3H3. The molecule has 1 rings (SSSR count). The van der Waals surface area contributed by atoms with Crippen molar-refractivity contribution < 1.29 is 4.79 Å². The third-order valence-electron chi connectivity index (χ3n) is 2.85. The van der Waals surface area contributed by atoms with Gasteiger partial charge in [-0.2, -0.15) is 0 Å². The fourth-order valence-corrected chi connectivity index (χ4v) is 2.08. The highest BCUT2D eigenvalue weighted by Crippen LogP contribution is 2.14. The molecule has 3 nitrogen and oxygen atoms in total. The zero-order valence-corrected chi connectivity index (χ0v) is 12.4. The number of aryl methyl sites for hydroxylation is 1. The molecular weight excluding hydrogens is 260 g/mol. The van der Waals surface area contributed by atoms with E-state index in [2.05, 4.69) is 18.5 Å². The summed E-state index contributed by atoms with van der Waals surface area (Å²) in [6, 6.07) is 3.47. The van der Waals surface area contributed by atoms with Crippen LogP contribution >= 0.6 is 11.6 Å². The molecule has 1 heterocycles. The molecular formula is C15H21ClN2O. The predicted octanol–water partition coefficient (Wildman–Crippen LogP) is 3.73. The Hall–Kier alpha value is -1.35. The van der Waals surface area contributed by atoms with E-state index in [1.54, 1.807) is 18.0 Å². The molecule has 0 unspecified atom stereocenters. The minimum atomic E-state index is -0.00860. The highest BCUT2D eigenvalue weighted by atomic mass is 35.5. The Kier molecular flexibility index (Phi) is 6.57. The highest BCUT2D eigenvalue weighted by molar-refractivity contribution is 6.29. The zero-order chi connectivity index (χ0) is 14.3. The Morgan fingerprint density at radius 3 is 2.89 bits per heavy atom. The minimum Gasteiger partial charge on any atom is -0.342 e. The Bertz CT molecular complexity index is 446. The van der Waals surface area contributed by atoms with E-state index in [9.17, 15) is 4.79 Å². The van der Waals surface area contributed by atoms with Crippen LogP contribution in [0.1, 0.15) is 42.2 Å². The first-order chi connectivity index (χ1) is 9.08. The average Bonchev–Trinajstić information content (AvgIpc) is 2.37. The molecule has 0 atom stereocenters. The van der Waals surface area contributed by atoms with Gasteiger partial charge in [0.15, 0.2) is 0 Å². The van der Waals surface area contributed by atoms with Gasteiger partial charge in [-0.25, -0.2) is 4.98 Å². The van der Waals surface area contributed by atoms with Crippen LogP contribution in [-0.2, 0) is 6.42 Å². The van der Waals surface area contributed by atoms with Gasteiger partial charge in [0.25, 0.3) is 5.91 Å². The van der Waals surface area contributed by atoms with Gasteiger partial charge in [-0.1, -0.05) is 31.0 Å². The summed E-state index contributed by atoms with van der Waals surface area (Å²) in [5, 5.41) is 0.383. The third-order valence-corrected chi connectivity index (χ3v) is 3.04. The summed E-state index contributed by atoms with van der Waals surface area (Å²) in [4.78, 5) is 18.2. The number of allylic oxidation sites excluding steroid dienone is 1. The van der Waals surface area contributed by atoms with E-state index in [4.69, 9.17) is 11.6 Å². The van der Waals surface area contributed by atoms with E-state index in [0.717, 1.165) is 31.4 Å². The van der Waals surface area contributed by atoms with E-state index in [1.165, 1.54) is 0 Å². The van der Waals surface area contributed by atoms with E-state index in [-0.39, 0.29) is 5.91 Å². The van der Waals surface area contributed by atoms with Gasteiger partial charge in [-0.05, 0) is 31.4 Å². The van der Waals surface area contributed by atoms with Crippen LogP contribution in [0.2, 0.25) is 5.15 Å². The molecule has 1 aromatic rings. The van der Waals surface area contributed by atoms with Crippen molar-refractivity contribution in [2.45, 2.75) is 32.6 Å². The summed E-state index contributed by atoms with van der Waals surface area (Å²) in [6.07, 6.45) is 5.51. The Morgan fingerprint density at radius 2 is 2.26 bits per heavy atom. The van der Waals surface area contributed by atoms with Gasteiger partial charge in [0.2, 0.25) is 0 Å². The van der Waals surface area contributed by atoms with Crippen molar-refractivity contribution in [2.75, 3.05) is 13.6 Å². The van der Waals surface area contributed by atoms with Crippen LogP contribution in [0.25, 0.3) is 0 Å². The van der Waals surface area contributed by atoms with Crippen LogP contribution in [0.3, 0.4) is 0 Å². The molecule has 0 aliphatic rings. The molecule has 0 aliphatic carbocycles. The monoisotopic (exact) mass is 280 g/mol. The number of nitrogens with zero attached hydrogens (tertiary/aromatic N) is 2. The number of carbonyl (C=O) groups is 1. The maximum absolute atomic E-state index is 12.3. The number of halogens is 1. The lowest BCUT2D eigenvalue weighted by Gasteiger charge is -2.17. The van der Waals surface area contributed by atoms with E-state index in [0.29, 0.717) is 17.3 Å². The van der Waals surface area contributed by atoms with Gasteiger partial charge in [0.1, 0.15) is 5.15 Å². The number of pyridine rings is 1. The van der Waals surface area contributed by atoms with Crippen molar-refractivity contribution in [3.05, 3.63) is 41.2 Å². The molecule has 104 valence electrons. The molecule has 19 heavy (non-hydrogen) atoms. The van der Waals surface area contributed by atoms with Crippen LogP contribution in [0, 0.1) is 0 Å². The topological polar surface area (TPSA) is 33.2 Å². The predicted molar refractivity (Wildman–Crippen MR) is 79.6 cm³/mol. The Labute approximate surface area is 120 Å². The smallest absolute Gasteiger partial charge is 0.253 e. The fraction of sp³-hybridized carbons (Fsp3) is 0.467. The van der Waals surface area contributed by atoms with Gasteiger partial charge in [-0.15, -0.1) is 6.58 Å². The molecule has 0 aromatic carbocycles. The van der Waals surface area contributed by atoms with Crippen molar-refractivity contribution in [1.29, 1.82) is 0 Å². The molecule has 0 aliphatic heterocycles. The summed E-state index contributed by atoms with van der Waals surface area (Å²) in [7, 11) is 1.80. The lowest BCUT2D eigenvalue weighted by atomic mass is 10.1. The molecule has 0 bridgehead atoms. The first kappa shape index (κ1) is 15.7. The second-order valence-electron chi connectivity index (χ2n) is 4.58. The van der Waals surface area contributed by atoms with Crippen LogP contribution in [0.4, 0.5) is 0 Å². The summed E-state index contributed by atoms with van der Waals surface area (Å²) in [5.74, 6) is -0.00860. The van der Waals surface area contributed by atoms with Crippen LogP contribution in [0.5, 0.6) is 0 Å². The van der Waals surface area contributed by atoms with E-state index in [1.807, 2.05) is 12.1 Å². The molecule has 1 amide bonds. The first-order valence-electron chi connectivity index (χ1n) is 6.61. The molecule has 4 heteroatoms. The number of amides is 1. The Balaban J connectivity index is 2.77. The molecule has 1 aromatic heterocycles. The van der Waals surface area contributed by atoms with Gasteiger partial charge in [0, 0.05) is 24.8 Å². The van der Waals surface area contributed by atoms with Crippen molar-refractivity contribution in [1.82, 2.24) is 9.88 Å². The summed E-state index contributed by atoms with van der Waals surface area (Å²) in [6.45, 7) is 6.47. The quantitative estimate of drug-likeness (QED) is 0.433. The third kappa shape index (κ3) is 5.03. The van der Waals surface area contributed by atoms with Gasteiger partial charge in [-0.3, -0.25) is 4.79 Å². The Morgan fingerprint density at radius 1 is 1.53 bits per heavy atom. The largest absolute Gasteiger partial charge is 0.342 e. The number of aromatic nitrogens is 1. The maximum atomic E-state index is 12.3. The maximum Gasteiger partial charge on any atom is 0.253 e. The van der Waals surface area contributed by atoms with Crippen molar-refractivity contribution in [2.24, 2.45) is 0 Å². The summed E-state index contributed by atoms with van der Waals surface area (Å²) < 4.78 is 0. The first-order valence-corrected chi connectivity index (χ1v) is 6.99. The lowest BCUT2D eigenvalue weighted by Crippen LogP contribution is -2.27.